The second-order valence-electron chi connectivity index (χ2n) is 6.36. The summed E-state index contributed by atoms with van der Waals surface area (Å²) in [4.78, 5) is 0. The molecule has 0 saturated heterocycles. The van der Waals surface area contributed by atoms with Gasteiger partial charge in [0, 0.05) is 11.3 Å². The average Bonchev–Trinajstić information content (AvgIpc) is 3.05. The van der Waals surface area contributed by atoms with Crippen molar-refractivity contribution >= 4 is 11.8 Å². The first kappa shape index (κ1) is 13.4. The number of nitrogens with zero attached hydrogens (tertiary/aromatic N) is 4. The maximum Gasteiger partial charge on any atom is 0.209 e. The summed E-state index contributed by atoms with van der Waals surface area (Å²) >= 11 is 1.87. The Bertz CT molecular complexity index is 440. The lowest BCUT2D eigenvalue weighted by molar-refractivity contribution is 0.290. The quantitative estimate of drug-likeness (QED) is 0.897. The summed E-state index contributed by atoms with van der Waals surface area (Å²) in [5.74, 6) is 0. The van der Waals surface area contributed by atoms with Gasteiger partial charge in [0.05, 0.1) is 6.04 Å². The molecule has 6 heteroatoms. The average molecular weight is 281 g/mol. The van der Waals surface area contributed by atoms with Crippen LogP contribution in [-0.2, 0) is 0 Å². The van der Waals surface area contributed by atoms with Gasteiger partial charge in [-0.05, 0) is 48.1 Å². The molecule has 1 heterocycles. The normalized spacial score (nSPS) is 29.8. The lowest BCUT2D eigenvalue weighted by Crippen LogP contribution is -2.43. The molecule has 0 spiro atoms. The van der Waals surface area contributed by atoms with Gasteiger partial charge in [-0.2, -0.15) is 0 Å². The number of thioether (sulfide) groups is 1. The van der Waals surface area contributed by atoms with Gasteiger partial charge in [-0.3, -0.25) is 0 Å². The fourth-order valence-electron chi connectivity index (χ4n) is 3.04. The highest BCUT2D eigenvalue weighted by atomic mass is 32.2. The molecule has 2 aliphatic carbocycles. The summed E-state index contributed by atoms with van der Waals surface area (Å²) in [6.45, 7) is 7.94. The van der Waals surface area contributed by atoms with Crippen LogP contribution in [0.3, 0.4) is 0 Å². The van der Waals surface area contributed by atoms with E-state index in [4.69, 9.17) is 0 Å². The number of tetrazole rings is 1. The van der Waals surface area contributed by atoms with E-state index in [-0.39, 0.29) is 0 Å². The van der Waals surface area contributed by atoms with Crippen molar-refractivity contribution in [3.63, 3.8) is 0 Å². The van der Waals surface area contributed by atoms with Crippen LogP contribution in [0.1, 0.15) is 52.5 Å². The van der Waals surface area contributed by atoms with Gasteiger partial charge in [0.1, 0.15) is 0 Å². The Morgan fingerprint density at radius 1 is 1.37 bits per heavy atom. The van der Waals surface area contributed by atoms with E-state index in [0.717, 1.165) is 11.7 Å². The molecule has 2 atom stereocenters. The van der Waals surface area contributed by atoms with E-state index in [0.29, 0.717) is 22.7 Å². The van der Waals surface area contributed by atoms with Crippen molar-refractivity contribution in [2.45, 2.75) is 68.9 Å². The van der Waals surface area contributed by atoms with E-state index < -0.39 is 0 Å². The summed E-state index contributed by atoms with van der Waals surface area (Å²) < 4.78 is 2.03. The summed E-state index contributed by atoms with van der Waals surface area (Å²) in [5, 5.41) is 17.5. The molecule has 2 fully saturated rings. The molecule has 0 aromatic carbocycles. The predicted molar refractivity (Wildman–Crippen MR) is 76.2 cm³/mol. The minimum atomic E-state index is 0.367. The maximum absolute atomic E-state index is 4.22. The molecular formula is C13H23N5S. The van der Waals surface area contributed by atoms with Gasteiger partial charge in [-0.25, -0.2) is 4.68 Å². The van der Waals surface area contributed by atoms with Crippen molar-refractivity contribution in [3.8, 4) is 0 Å². The summed E-state index contributed by atoms with van der Waals surface area (Å²) in [6.07, 6.45) is 4.97. The third-order valence-corrected chi connectivity index (χ3v) is 5.61. The Morgan fingerprint density at radius 3 is 2.84 bits per heavy atom. The zero-order chi connectivity index (χ0) is 13.5. The first-order chi connectivity index (χ1) is 9.12. The monoisotopic (exact) mass is 281 g/mol. The standard InChI is InChI=1S/C13H23N5S/c1-4-14-11-10(7-8-13(11,2)3)19-12-15-16-17-18(12)9-5-6-9/h9-11,14H,4-8H2,1-3H3. The van der Waals surface area contributed by atoms with E-state index in [1.807, 2.05) is 16.4 Å². The second-order valence-corrected chi connectivity index (χ2v) is 7.56. The van der Waals surface area contributed by atoms with Crippen molar-refractivity contribution < 1.29 is 0 Å². The van der Waals surface area contributed by atoms with E-state index in [1.54, 1.807) is 0 Å². The molecule has 2 unspecified atom stereocenters. The molecule has 0 aliphatic heterocycles. The third-order valence-electron chi connectivity index (χ3n) is 4.32. The van der Waals surface area contributed by atoms with Crippen LogP contribution in [0.5, 0.6) is 0 Å². The Morgan fingerprint density at radius 2 is 2.16 bits per heavy atom. The minimum absolute atomic E-state index is 0.367. The van der Waals surface area contributed by atoms with Crippen LogP contribution in [-0.4, -0.2) is 38.0 Å². The van der Waals surface area contributed by atoms with Crippen LogP contribution in [0.4, 0.5) is 0 Å². The van der Waals surface area contributed by atoms with E-state index in [1.165, 1.54) is 25.7 Å². The molecule has 2 saturated carbocycles. The van der Waals surface area contributed by atoms with Crippen molar-refractivity contribution in [1.29, 1.82) is 0 Å². The fourth-order valence-corrected chi connectivity index (χ4v) is 4.53. The van der Waals surface area contributed by atoms with E-state index in [2.05, 4.69) is 41.6 Å². The molecule has 106 valence electrons. The smallest absolute Gasteiger partial charge is 0.209 e. The number of rotatable bonds is 5. The number of hydrogen-bond donors (Lipinski definition) is 1. The van der Waals surface area contributed by atoms with Gasteiger partial charge in [0.15, 0.2) is 0 Å². The van der Waals surface area contributed by atoms with Gasteiger partial charge >= 0.3 is 0 Å². The van der Waals surface area contributed by atoms with Crippen LogP contribution >= 0.6 is 11.8 Å². The Kier molecular flexibility index (Phi) is 3.55. The maximum atomic E-state index is 4.22. The van der Waals surface area contributed by atoms with Gasteiger partial charge < -0.3 is 5.32 Å². The second kappa shape index (κ2) is 5.05. The Labute approximate surface area is 118 Å². The molecule has 5 nitrogen and oxygen atoms in total. The summed E-state index contributed by atoms with van der Waals surface area (Å²) in [6, 6.07) is 1.11. The highest BCUT2D eigenvalue weighted by molar-refractivity contribution is 7.99. The van der Waals surface area contributed by atoms with Gasteiger partial charge in [-0.15, -0.1) is 5.10 Å². The third kappa shape index (κ3) is 2.65. The molecule has 19 heavy (non-hydrogen) atoms. The Balaban J connectivity index is 1.73. The number of aromatic nitrogens is 4. The highest BCUT2D eigenvalue weighted by Gasteiger charge is 2.43. The van der Waals surface area contributed by atoms with Crippen LogP contribution < -0.4 is 5.32 Å². The lowest BCUT2D eigenvalue weighted by atomic mass is 9.87. The number of hydrogen-bond acceptors (Lipinski definition) is 5. The molecule has 2 aliphatic rings. The van der Waals surface area contributed by atoms with Crippen LogP contribution in [0.25, 0.3) is 0 Å². The van der Waals surface area contributed by atoms with E-state index in [9.17, 15) is 0 Å². The topological polar surface area (TPSA) is 55.6 Å². The first-order valence-electron chi connectivity index (χ1n) is 7.29. The molecular weight excluding hydrogens is 258 g/mol. The SMILES string of the molecule is CCNC1C(Sc2nnnn2C2CC2)CCC1(C)C. The lowest BCUT2D eigenvalue weighted by Gasteiger charge is -2.30. The zero-order valence-corrected chi connectivity index (χ0v) is 12.8. The Hall–Kier alpha value is -0.620. The van der Waals surface area contributed by atoms with Gasteiger partial charge in [0.2, 0.25) is 5.16 Å². The zero-order valence-electron chi connectivity index (χ0n) is 12.0. The largest absolute Gasteiger partial charge is 0.313 e. The highest BCUT2D eigenvalue weighted by Crippen LogP contribution is 2.45. The molecule has 0 bridgehead atoms. The van der Waals surface area contributed by atoms with Gasteiger partial charge in [0.25, 0.3) is 0 Å². The van der Waals surface area contributed by atoms with Crippen LogP contribution in [0.15, 0.2) is 5.16 Å². The van der Waals surface area contributed by atoms with E-state index >= 15 is 0 Å². The first-order valence-corrected chi connectivity index (χ1v) is 8.17. The molecule has 3 rings (SSSR count). The van der Waals surface area contributed by atoms with Gasteiger partial charge in [-0.1, -0.05) is 32.5 Å². The van der Waals surface area contributed by atoms with Crippen LogP contribution in [0, 0.1) is 5.41 Å². The van der Waals surface area contributed by atoms with Crippen LogP contribution in [0.2, 0.25) is 0 Å². The number of nitrogens with one attached hydrogen (secondary N) is 1. The molecule has 1 aromatic heterocycles. The molecule has 0 radical (unpaired) electrons. The van der Waals surface area contributed by atoms with Crippen molar-refractivity contribution in [2.24, 2.45) is 5.41 Å². The summed E-state index contributed by atoms with van der Waals surface area (Å²) in [5.41, 5.74) is 0.367. The summed E-state index contributed by atoms with van der Waals surface area (Å²) in [7, 11) is 0. The fraction of sp³-hybridized carbons (Fsp3) is 0.923. The van der Waals surface area contributed by atoms with Crippen molar-refractivity contribution in [3.05, 3.63) is 0 Å². The molecule has 1 aromatic rings. The van der Waals surface area contributed by atoms with Crippen molar-refractivity contribution in [2.75, 3.05) is 6.54 Å². The molecule has 0 amide bonds. The minimum Gasteiger partial charge on any atom is -0.313 e. The van der Waals surface area contributed by atoms with Crippen molar-refractivity contribution in [1.82, 2.24) is 25.5 Å². The predicted octanol–water partition coefficient (Wildman–Crippen LogP) is 2.27. The molecule has 1 N–H and O–H groups in total.